The Morgan fingerprint density at radius 2 is 1.50 bits per heavy atom. The molecule has 0 amide bonds. The van der Waals surface area contributed by atoms with E-state index in [1.54, 1.807) is 23.9 Å². The van der Waals surface area contributed by atoms with Crippen LogP contribution in [0.25, 0.3) is 0 Å². The number of rotatable bonds is 4. The first kappa shape index (κ1) is 10.7. The average Bonchev–Trinajstić information content (AvgIpc) is 2.33. The minimum absolute atomic E-state index is 0.451. The lowest BCUT2D eigenvalue weighted by Crippen LogP contribution is -1.79. The maximum absolute atomic E-state index is 9.87. The third kappa shape index (κ3) is 2.84. The normalized spacial score (nSPS) is 9.75. The first-order valence-corrected chi connectivity index (χ1v) is 5.53. The third-order valence-electron chi connectivity index (χ3n) is 1.95. The molecular formula is C12H9NO2S. The largest absolute Gasteiger partial charge is 0.324 e. The van der Waals surface area contributed by atoms with E-state index >= 15 is 0 Å². The lowest BCUT2D eigenvalue weighted by atomic mass is 10.3. The summed E-state index contributed by atoms with van der Waals surface area (Å²) in [6, 6.07) is 17.3. The van der Waals surface area contributed by atoms with Crippen molar-refractivity contribution in [2.75, 3.05) is 0 Å². The molecule has 16 heavy (non-hydrogen) atoms. The van der Waals surface area contributed by atoms with Crippen molar-refractivity contribution in [3.05, 3.63) is 59.5 Å². The van der Waals surface area contributed by atoms with Crippen molar-refractivity contribution in [2.45, 2.75) is 9.79 Å². The Morgan fingerprint density at radius 1 is 0.875 bits per heavy atom. The summed E-state index contributed by atoms with van der Waals surface area (Å²) in [7, 11) is 0. The summed E-state index contributed by atoms with van der Waals surface area (Å²) >= 11 is 1.65. The van der Waals surface area contributed by atoms with Crippen LogP contribution in [0.2, 0.25) is 0 Å². The Hall–Kier alpha value is -1.81. The number of benzene rings is 2. The van der Waals surface area contributed by atoms with Crippen molar-refractivity contribution in [2.24, 2.45) is 5.34 Å². The zero-order valence-corrected chi connectivity index (χ0v) is 9.18. The molecule has 2 aromatic carbocycles. The van der Waals surface area contributed by atoms with Crippen molar-refractivity contribution in [1.29, 1.82) is 0 Å². The lowest BCUT2D eigenvalue weighted by Gasteiger charge is -2.01. The molecule has 0 bridgehead atoms. The molecule has 0 heterocycles. The number of hydrogen-bond donors (Lipinski definition) is 0. The molecule has 2 aromatic rings. The molecule has 0 saturated heterocycles. The molecule has 3 nitrogen and oxygen atoms in total. The fourth-order valence-electron chi connectivity index (χ4n) is 1.24. The van der Waals surface area contributed by atoms with Gasteiger partial charge in [0.1, 0.15) is 0 Å². The highest BCUT2D eigenvalue weighted by molar-refractivity contribution is 7.99. The highest BCUT2D eigenvalue weighted by Gasteiger charge is 1.98. The van der Waals surface area contributed by atoms with Crippen LogP contribution in [0, 0.1) is 4.91 Å². The molecule has 0 saturated carbocycles. The fourth-order valence-corrected chi connectivity index (χ4v) is 2.07. The van der Waals surface area contributed by atoms with E-state index in [1.165, 1.54) is 4.90 Å². The molecule has 0 aliphatic carbocycles. The quantitative estimate of drug-likeness (QED) is 0.591. The van der Waals surface area contributed by atoms with Crippen molar-refractivity contribution in [3.8, 4) is 5.75 Å². The predicted molar refractivity (Wildman–Crippen MR) is 63.4 cm³/mol. The van der Waals surface area contributed by atoms with Gasteiger partial charge >= 0.3 is 0 Å². The minimum atomic E-state index is 0.451. The van der Waals surface area contributed by atoms with Gasteiger partial charge in [-0.15, -0.1) is 4.91 Å². The third-order valence-corrected chi connectivity index (χ3v) is 2.96. The Kier molecular flexibility index (Phi) is 3.56. The second-order valence-corrected chi connectivity index (χ2v) is 4.20. The van der Waals surface area contributed by atoms with Crippen LogP contribution in [-0.4, -0.2) is 0 Å². The molecule has 0 unspecified atom stereocenters. The zero-order chi connectivity index (χ0) is 11.2. The van der Waals surface area contributed by atoms with Gasteiger partial charge in [-0.05, 0) is 36.4 Å². The van der Waals surface area contributed by atoms with Gasteiger partial charge in [-0.1, -0.05) is 30.0 Å². The zero-order valence-electron chi connectivity index (χ0n) is 8.37. The molecule has 0 aromatic heterocycles. The van der Waals surface area contributed by atoms with Crippen molar-refractivity contribution in [1.82, 2.24) is 0 Å². The number of nitrogens with zero attached hydrogens (tertiary/aromatic N) is 1. The van der Waals surface area contributed by atoms with E-state index in [2.05, 4.69) is 10.2 Å². The van der Waals surface area contributed by atoms with Gasteiger partial charge in [0.05, 0.1) is 0 Å². The molecule has 0 atom stereocenters. The summed E-state index contributed by atoms with van der Waals surface area (Å²) in [4.78, 5) is 16.6. The highest BCUT2D eigenvalue weighted by atomic mass is 32.2. The summed E-state index contributed by atoms with van der Waals surface area (Å²) in [6.45, 7) is 0. The van der Waals surface area contributed by atoms with Gasteiger partial charge in [-0.3, -0.25) is 0 Å². The minimum Gasteiger partial charge on any atom is -0.324 e. The van der Waals surface area contributed by atoms with Gasteiger partial charge in [0.15, 0.2) is 11.1 Å². The predicted octanol–water partition coefficient (Wildman–Crippen LogP) is 3.90. The van der Waals surface area contributed by atoms with Crippen LogP contribution in [0.3, 0.4) is 0 Å². The van der Waals surface area contributed by atoms with Gasteiger partial charge in [0.25, 0.3) is 0 Å². The molecule has 0 N–H and O–H groups in total. The van der Waals surface area contributed by atoms with Gasteiger partial charge in [-0.2, -0.15) is 0 Å². The second-order valence-electron chi connectivity index (χ2n) is 3.05. The van der Waals surface area contributed by atoms with Gasteiger partial charge < -0.3 is 4.84 Å². The molecule has 4 heteroatoms. The van der Waals surface area contributed by atoms with E-state index in [1.807, 2.05) is 42.5 Å². The summed E-state index contributed by atoms with van der Waals surface area (Å²) in [5.74, 6) is 0.451. The van der Waals surface area contributed by atoms with Crippen LogP contribution in [0.1, 0.15) is 0 Å². The van der Waals surface area contributed by atoms with E-state index in [-0.39, 0.29) is 0 Å². The van der Waals surface area contributed by atoms with E-state index in [9.17, 15) is 4.91 Å². The Morgan fingerprint density at radius 3 is 2.12 bits per heavy atom. The summed E-state index contributed by atoms with van der Waals surface area (Å²) in [5.41, 5.74) is 0. The molecule has 80 valence electrons. The Balaban J connectivity index is 2.08. The number of hydrogen-bond acceptors (Lipinski definition) is 4. The Labute approximate surface area is 97.4 Å². The highest BCUT2D eigenvalue weighted by Crippen LogP contribution is 2.28. The monoisotopic (exact) mass is 231 g/mol. The standard InChI is InChI=1S/C12H9NO2S/c14-13-15-10-6-8-12(9-7-10)16-11-4-2-1-3-5-11/h1-9H. The van der Waals surface area contributed by atoms with Gasteiger partial charge in [0.2, 0.25) is 0 Å². The fraction of sp³-hybridized carbons (Fsp3) is 0. The molecule has 0 spiro atoms. The van der Waals surface area contributed by atoms with Crippen molar-refractivity contribution in [3.63, 3.8) is 0 Å². The van der Waals surface area contributed by atoms with Gasteiger partial charge in [-0.25, -0.2) is 0 Å². The van der Waals surface area contributed by atoms with Crippen LogP contribution in [-0.2, 0) is 0 Å². The van der Waals surface area contributed by atoms with Crippen molar-refractivity contribution >= 4 is 11.8 Å². The van der Waals surface area contributed by atoms with Crippen LogP contribution in [0.4, 0.5) is 0 Å². The summed E-state index contributed by atoms with van der Waals surface area (Å²) < 4.78 is 0. The first-order chi connectivity index (χ1) is 7.88. The van der Waals surface area contributed by atoms with Crippen LogP contribution in [0.15, 0.2) is 69.7 Å². The van der Waals surface area contributed by atoms with E-state index in [0.29, 0.717) is 5.75 Å². The summed E-state index contributed by atoms with van der Waals surface area (Å²) in [6.07, 6.45) is 0. The molecule has 0 fully saturated rings. The molecule has 0 aliphatic rings. The molecule has 0 radical (unpaired) electrons. The molecular weight excluding hydrogens is 222 g/mol. The van der Waals surface area contributed by atoms with E-state index in [0.717, 1.165) is 4.90 Å². The van der Waals surface area contributed by atoms with E-state index in [4.69, 9.17) is 0 Å². The van der Waals surface area contributed by atoms with Crippen LogP contribution in [0.5, 0.6) is 5.75 Å². The molecule has 2 rings (SSSR count). The smallest absolute Gasteiger partial charge is 0.161 e. The SMILES string of the molecule is O=NOc1ccc(Sc2ccccc2)cc1. The van der Waals surface area contributed by atoms with E-state index < -0.39 is 0 Å². The van der Waals surface area contributed by atoms with Gasteiger partial charge in [0, 0.05) is 9.79 Å². The average molecular weight is 231 g/mol. The summed E-state index contributed by atoms with van der Waals surface area (Å²) in [5, 5.41) is 2.36. The van der Waals surface area contributed by atoms with Crippen LogP contribution >= 0.6 is 11.8 Å². The first-order valence-electron chi connectivity index (χ1n) is 4.71. The van der Waals surface area contributed by atoms with Crippen molar-refractivity contribution < 1.29 is 4.84 Å². The lowest BCUT2D eigenvalue weighted by molar-refractivity contribution is 0.334. The maximum Gasteiger partial charge on any atom is 0.161 e. The topological polar surface area (TPSA) is 38.7 Å². The second kappa shape index (κ2) is 5.32. The van der Waals surface area contributed by atoms with Crippen LogP contribution < -0.4 is 4.84 Å². The molecule has 0 aliphatic heterocycles. The Bertz CT molecular complexity index is 456. The maximum atomic E-state index is 9.87.